The van der Waals surface area contributed by atoms with E-state index in [-0.39, 0.29) is 0 Å². The highest BCUT2D eigenvalue weighted by molar-refractivity contribution is 7.98. The third-order valence-corrected chi connectivity index (χ3v) is 4.39. The van der Waals surface area contributed by atoms with Gasteiger partial charge in [-0.25, -0.2) is 0 Å². The van der Waals surface area contributed by atoms with Crippen LogP contribution in [-0.4, -0.2) is 43.1 Å². The topological polar surface area (TPSA) is 49.3 Å². The molecule has 1 unspecified atom stereocenters. The van der Waals surface area contributed by atoms with Gasteiger partial charge < -0.3 is 10.6 Å². The number of aliphatic imine (C=N–C) groups is 1. The number of guanidine groups is 1. The Kier molecular flexibility index (Phi) is 9.71. The van der Waals surface area contributed by atoms with Gasteiger partial charge in [0.1, 0.15) is 0 Å². The summed E-state index contributed by atoms with van der Waals surface area (Å²) in [7, 11) is 1.83. The summed E-state index contributed by atoms with van der Waals surface area (Å²) in [5.74, 6) is 3.10. The monoisotopic (exact) mass is 322 g/mol. The summed E-state index contributed by atoms with van der Waals surface area (Å²) >= 11 is 1.90. The molecule has 1 atom stereocenters. The first kappa shape index (κ1) is 18.8. The van der Waals surface area contributed by atoms with Crippen molar-refractivity contribution in [3.63, 3.8) is 0 Å². The van der Waals surface area contributed by atoms with Crippen molar-refractivity contribution in [3.05, 3.63) is 30.1 Å². The molecule has 0 aliphatic rings. The molecule has 0 bridgehead atoms. The van der Waals surface area contributed by atoms with Crippen LogP contribution in [0.3, 0.4) is 0 Å². The van der Waals surface area contributed by atoms with Gasteiger partial charge in [-0.3, -0.25) is 9.98 Å². The van der Waals surface area contributed by atoms with E-state index in [4.69, 9.17) is 0 Å². The Labute approximate surface area is 139 Å². The maximum Gasteiger partial charge on any atom is 0.190 e. The second-order valence-corrected chi connectivity index (χ2v) is 6.70. The van der Waals surface area contributed by atoms with Crippen molar-refractivity contribution in [1.82, 2.24) is 15.6 Å². The molecule has 1 heterocycles. The van der Waals surface area contributed by atoms with Gasteiger partial charge in [-0.1, -0.05) is 19.9 Å². The lowest BCUT2D eigenvalue weighted by molar-refractivity contribution is 0.486. The first-order valence-electron chi connectivity index (χ1n) is 8.02. The van der Waals surface area contributed by atoms with E-state index in [1.807, 2.05) is 37.3 Å². The predicted molar refractivity (Wildman–Crippen MR) is 98.8 cm³/mol. The number of hydrogen-bond acceptors (Lipinski definition) is 3. The molecular formula is C17H30N4S. The van der Waals surface area contributed by atoms with Crippen LogP contribution in [0.15, 0.2) is 29.5 Å². The van der Waals surface area contributed by atoms with Crippen LogP contribution in [0.1, 0.15) is 38.2 Å². The van der Waals surface area contributed by atoms with Crippen LogP contribution in [-0.2, 0) is 0 Å². The van der Waals surface area contributed by atoms with Crippen molar-refractivity contribution in [2.75, 3.05) is 32.1 Å². The van der Waals surface area contributed by atoms with Crippen molar-refractivity contribution in [2.45, 2.75) is 32.6 Å². The Bertz CT molecular complexity index is 420. The molecule has 0 amide bonds. The molecule has 1 aromatic rings. The third-order valence-electron chi connectivity index (χ3n) is 3.70. The van der Waals surface area contributed by atoms with E-state index in [9.17, 15) is 0 Å². The van der Waals surface area contributed by atoms with Crippen molar-refractivity contribution < 1.29 is 0 Å². The van der Waals surface area contributed by atoms with Crippen LogP contribution in [0.5, 0.6) is 0 Å². The van der Waals surface area contributed by atoms with Crippen LogP contribution >= 0.6 is 11.8 Å². The van der Waals surface area contributed by atoms with E-state index in [1.54, 1.807) is 0 Å². The fourth-order valence-electron chi connectivity index (χ4n) is 2.34. The van der Waals surface area contributed by atoms with Gasteiger partial charge in [-0.05, 0) is 42.4 Å². The van der Waals surface area contributed by atoms with Gasteiger partial charge in [-0.2, -0.15) is 11.8 Å². The Morgan fingerprint density at radius 3 is 2.73 bits per heavy atom. The van der Waals surface area contributed by atoms with Crippen LogP contribution < -0.4 is 10.6 Å². The van der Waals surface area contributed by atoms with E-state index in [2.05, 4.69) is 46.8 Å². The molecule has 0 radical (unpaired) electrons. The second-order valence-electron chi connectivity index (χ2n) is 5.72. The van der Waals surface area contributed by atoms with Crippen molar-refractivity contribution in [2.24, 2.45) is 10.9 Å². The summed E-state index contributed by atoms with van der Waals surface area (Å²) < 4.78 is 0. The minimum Gasteiger partial charge on any atom is -0.356 e. The fraction of sp³-hybridized carbons (Fsp3) is 0.647. The summed E-state index contributed by atoms with van der Waals surface area (Å²) in [5.41, 5.74) is 1.28. The minimum atomic E-state index is 0.434. The fourth-order valence-corrected chi connectivity index (χ4v) is 2.83. The molecule has 1 rings (SSSR count). The molecule has 0 fully saturated rings. The molecule has 2 N–H and O–H groups in total. The largest absolute Gasteiger partial charge is 0.356 e. The number of unbranched alkanes of at least 4 members (excludes halogenated alkanes) is 1. The summed E-state index contributed by atoms with van der Waals surface area (Å²) in [6.07, 6.45) is 8.36. The van der Waals surface area contributed by atoms with E-state index in [1.165, 1.54) is 24.2 Å². The molecule has 4 nitrogen and oxygen atoms in total. The zero-order valence-corrected chi connectivity index (χ0v) is 15.1. The van der Waals surface area contributed by atoms with Crippen molar-refractivity contribution in [1.29, 1.82) is 0 Å². The third kappa shape index (κ3) is 7.16. The molecule has 0 aliphatic heterocycles. The van der Waals surface area contributed by atoms with Crippen LogP contribution in [0.4, 0.5) is 0 Å². The van der Waals surface area contributed by atoms with Crippen LogP contribution in [0, 0.1) is 5.92 Å². The molecule has 0 saturated carbocycles. The zero-order chi connectivity index (χ0) is 16.2. The summed E-state index contributed by atoms with van der Waals surface area (Å²) in [5, 5.41) is 6.83. The number of nitrogens with one attached hydrogen (secondary N) is 2. The number of thioether (sulfide) groups is 1. The summed E-state index contributed by atoms with van der Waals surface area (Å²) in [6.45, 7) is 6.34. The number of rotatable bonds is 9. The van der Waals surface area contributed by atoms with E-state index in [0.717, 1.165) is 19.0 Å². The van der Waals surface area contributed by atoms with E-state index < -0.39 is 0 Å². The van der Waals surface area contributed by atoms with Gasteiger partial charge in [-0.15, -0.1) is 0 Å². The Morgan fingerprint density at radius 2 is 2.14 bits per heavy atom. The highest BCUT2D eigenvalue weighted by atomic mass is 32.2. The maximum atomic E-state index is 4.30. The smallest absolute Gasteiger partial charge is 0.190 e. The molecular weight excluding hydrogens is 292 g/mol. The average Bonchev–Trinajstić information content (AvgIpc) is 2.53. The number of aromatic nitrogens is 1. The first-order chi connectivity index (χ1) is 10.7. The van der Waals surface area contributed by atoms with Gasteiger partial charge >= 0.3 is 0 Å². The maximum absolute atomic E-state index is 4.30. The number of hydrogen-bond donors (Lipinski definition) is 2. The molecule has 22 heavy (non-hydrogen) atoms. The molecule has 124 valence electrons. The quantitative estimate of drug-likeness (QED) is 0.417. The lowest BCUT2D eigenvalue weighted by atomic mass is 9.89. The lowest BCUT2D eigenvalue weighted by Gasteiger charge is -2.23. The lowest BCUT2D eigenvalue weighted by Crippen LogP contribution is -2.40. The minimum absolute atomic E-state index is 0.434. The van der Waals surface area contributed by atoms with Crippen molar-refractivity contribution >= 4 is 17.7 Å². The van der Waals surface area contributed by atoms with E-state index >= 15 is 0 Å². The summed E-state index contributed by atoms with van der Waals surface area (Å²) in [6, 6.07) is 4.15. The molecule has 0 aliphatic carbocycles. The van der Waals surface area contributed by atoms with Gasteiger partial charge in [0, 0.05) is 38.4 Å². The predicted octanol–water partition coefficient (Wildman–Crippen LogP) is 3.13. The van der Waals surface area contributed by atoms with Gasteiger partial charge in [0.05, 0.1) is 0 Å². The molecule has 1 aromatic heterocycles. The number of nitrogens with zero attached hydrogens (tertiary/aromatic N) is 2. The Morgan fingerprint density at radius 1 is 1.32 bits per heavy atom. The van der Waals surface area contributed by atoms with Crippen molar-refractivity contribution in [3.8, 4) is 0 Å². The highest BCUT2D eigenvalue weighted by Gasteiger charge is 2.16. The SMILES string of the molecule is CN=C(NCCCCSC)NCC(c1cccnc1)C(C)C. The van der Waals surface area contributed by atoms with Crippen LogP contribution in [0.25, 0.3) is 0 Å². The highest BCUT2D eigenvalue weighted by Crippen LogP contribution is 2.22. The van der Waals surface area contributed by atoms with Gasteiger partial charge in [0.2, 0.25) is 0 Å². The Balaban J connectivity index is 2.43. The standard InChI is InChI=1S/C17H30N4S/c1-14(2)16(15-8-7-9-19-12-15)13-21-17(18-3)20-10-5-6-11-22-4/h7-9,12,14,16H,5-6,10-11,13H2,1-4H3,(H2,18,20,21). The molecule has 5 heteroatoms. The molecule has 0 aromatic carbocycles. The second kappa shape index (κ2) is 11.4. The average molecular weight is 323 g/mol. The van der Waals surface area contributed by atoms with E-state index in [0.29, 0.717) is 11.8 Å². The first-order valence-corrected chi connectivity index (χ1v) is 9.41. The normalized spacial score (nSPS) is 13.2. The Hall–Kier alpha value is -1.23. The van der Waals surface area contributed by atoms with Gasteiger partial charge in [0.25, 0.3) is 0 Å². The zero-order valence-electron chi connectivity index (χ0n) is 14.3. The summed E-state index contributed by atoms with van der Waals surface area (Å²) in [4.78, 5) is 8.54. The molecule has 0 spiro atoms. The van der Waals surface area contributed by atoms with Crippen LogP contribution in [0.2, 0.25) is 0 Å². The number of pyridine rings is 1. The van der Waals surface area contributed by atoms with Gasteiger partial charge in [0.15, 0.2) is 5.96 Å². The molecule has 0 saturated heterocycles.